The summed E-state index contributed by atoms with van der Waals surface area (Å²) in [6.07, 6.45) is 2.09. The Bertz CT molecular complexity index is 472. The topological polar surface area (TPSA) is 78.4 Å². The van der Waals surface area contributed by atoms with Gasteiger partial charge in [-0.05, 0) is 19.3 Å². The van der Waals surface area contributed by atoms with Crippen LogP contribution in [-0.4, -0.2) is 17.6 Å². The molecule has 1 saturated carbocycles. The third-order valence-corrected chi connectivity index (χ3v) is 2.95. The molecular weight excluding hydrogens is 227 g/mol. The monoisotopic (exact) mass is 240 g/mol. The van der Waals surface area contributed by atoms with E-state index in [9.17, 15) is 14.5 Å². The standard InChI is InChI=1S/C11H13FN2O3/c1-17-10-7(6-11(13)2-3-11)4-8(14(15)16)5-9(10)12/h4-5H,2-3,6,13H2,1H3. The Hall–Kier alpha value is -1.69. The number of hydrogen-bond acceptors (Lipinski definition) is 4. The molecule has 2 N–H and O–H groups in total. The van der Waals surface area contributed by atoms with Crippen molar-refractivity contribution >= 4 is 5.69 Å². The van der Waals surface area contributed by atoms with Crippen LogP contribution in [0.15, 0.2) is 12.1 Å². The summed E-state index contributed by atoms with van der Waals surface area (Å²) in [4.78, 5) is 10.0. The molecule has 0 saturated heterocycles. The van der Waals surface area contributed by atoms with E-state index in [4.69, 9.17) is 10.5 Å². The quantitative estimate of drug-likeness (QED) is 0.642. The van der Waals surface area contributed by atoms with Gasteiger partial charge >= 0.3 is 0 Å². The van der Waals surface area contributed by atoms with Gasteiger partial charge in [0, 0.05) is 17.2 Å². The number of benzene rings is 1. The second kappa shape index (κ2) is 3.96. The number of ether oxygens (including phenoxy) is 1. The van der Waals surface area contributed by atoms with E-state index in [1.165, 1.54) is 13.2 Å². The number of non-ortho nitro benzene ring substituents is 1. The molecule has 1 aromatic rings. The highest BCUT2D eigenvalue weighted by atomic mass is 19.1. The van der Waals surface area contributed by atoms with Gasteiger partial charge in [-0.2, -0.15) is 0 Å². The molecule has 0 heterocycles. The molecule has 1 fully saturated rings. The molecule has 0 bridgehead atoms. The van der Waals surface area contributed by atoms with Crippen LogP contribution in [0.2, 0.25) is 0 Å². The molecule has 6 heteroatoms. The summed E-state index contributed by atoms with van der Waals surface area (Å²) >= 11 is 0. The third kappa shape index (κ3) is 2.36. The van der Waals surface area contributed by atoms with Crippen LogP contribution < -0.4 is 10.5 Å². The highest BCUT2D eigenvalue weighted by Crippen LogP contribution is 2.39. The van der Waals surface area contributed by atoms with Crippen molar-refractivity contribution in [2.75, 3.05) is 7.11 Å². The lowest BCUT2D eigenvalue weighted by atomic mass is 10.0. The number of nitro groups is 1. The first-order chi connectivity index (χ1) is 7.95. The van der Waals surface area contributed by atoms with Gasteiger partial charge in [-0.15, -0.1) is 0 Å². The summed E-state index contributed by atoms with van der Waals surface area (Å²) in [6.45, 7) is 0. The summed E-state index contributed by atoms with van der Waals surface area (Å²) in [5, 5.41) is 10.7. The summed E-state index contributed by atoms with van der Waals surface area (Å²) in [5.41, 5.74) is 5.76. The molecule has 0 aromatic heterocycles. The van der Waals surface area contributed by atoms with Crippen LogP contribution in [0.4, 0.5) is 10.1 Å². The molecule has 0 atom stereocenters. The molecule has 0 unspecified atom stereocenters. The number of hydrogen-bond donors (Lipinski definition) is 1. The lowest BCUT2D eigenvalue weighted by molar-refractivity contribution is -0.385. The molecule has 0 aliphatic heterocycles. The van der Waals surface area contributed by atoms with Crippen LogP contribution in [0.3, 0.4) is 0 Å². The fraction of sp³-hybridized carbons (Fsp3) is 0.455. The van der Waals surface area contributed by atoms with Crippen LogP contribution in [-0.2, 0) is 6.42 Å². The zero-order chi connectivity index (χ0) is 12.6. The van der Waals surface area contributed by atoms with Crippen LogP contribution in [0.25, 0.3) is 0 Å². The van der Waals surface area contributed by atoms with Crippen LogP contribution in [0, 0.1) is 15.9 Å². The van der Waals surface area contributed by atoms with Crippen LogP contribution in [0.5, 0.6) is 5.75 Å². The molecule has 1 aliphatic rings. The first-order valence-corrected chi connectivity index (χ1v) is 5.25. The van der Waals surface area contributed by atoms with E-state index in [2.05, 4.69) is 0 Å². The van der Waals surface area contributed by atoms with Gasteiger partial charge in [-0.1, -0.05) is 0 Å². The number of nitrogens with two attached hydrogens (primary N) is 1. The fourth-order valence-electron chi connectivity index (χ4n) is 1.82. The van der Waals surface area contributed by atoms with Gasteiger partial charge in [0.25, 0.3) is 5.69 Å². The van der Waals surface area contributed by atoms with Crippen LogP contribution in [0.1, 0.15) is 18.4 Å². The van der Waals surface area contributed by atoms with Crippen molar-refractivity contribution in [3.05, 3.63) is 33.6 Å². The lowest BCUT2D eigenvalue weighted by Crippen LogP contribution is -2.25. The number of rotatable bonds is 4. The molecule has 0 spiro atoms. The Morgan fingerprint density at radius 3 is 2.71 bits per heavy atom. The van der Waals surface area contributed by atoms with E-state index >= 15 is 0 Å². The predicted octanol–water partition coefficient (Wildman–Crippen LogP) is 1.78. The van der Waals surface area contributed by atoms with Gasteiger partial charge < -0.3 is 10.5 Å². The molecule has 1 aromatic carbocycles. The maximum absolute atomic E-state index is 13.6. The predicted molar refractivity (Wildman–Crippen MR) is 59.5 cm³/mol. The van der Waals surface area contributed by atoms with Crippen molar-refractivity contribution in [1.82, 2.24) is 0 Å². The van der Waals surface area contributed by atoms with Gasteiger partial charge in [0.2, 0.25) is 0 Å². The molecular formula is C11H13FN2O3. The van der Waals surface area contributed by atoms with Crippen LogP contribution >= 0.6 is 0 Å². The van der Waals surface area contributed by atoms with Crippen molar-refractivity contribution in [2.24, 2.45) is 5.73 Å². The Balaban J connectivity index is 2.42. The average Bonchev–Trinajstić information content (AvgIpc) is 2.95. The second-order valence-corrected chi connectivity index (χ2v) is 4.42. The minimum absolute atomic E-state index is 0.0484. The Morgan fingerprint density at radius 1 is 1.59 bits per heavy atom. The van der Waals surface area contributed by atoms with Gasteiger partial charge in [-0.25, -0.2) is 4.39 Å². The molecule has 1 aliphatic carbocycles. The normalized spacial score (nSPS) is 16.6. The minimum atomic E-state index is -0.721. The smallest absolute Gasteiger partial charge is 0.272 e. The number of halogens is 1. The summed E-state index contributed by atoms with van der Waals surface area (Å²) < 4.78 is 18.5. The first kappa shape index (κ1) is 11.8. The Labute approximate surface area is 97.5 Å². The van der Waals surface area contributed by atoms with Crippen molar-refractivity contribution in [3.8, 4) is 5.75 Å². The average molecular weight is 240 g/mol. The molecule has 5 nitrogen and oxygen atoms in total. The van der Waals surface area contributed by atoms with Gasteiger partial charge in [0.05, 0.1) is 18.1 Å². The van der Waals surface area contributed by atoms with E-state index in [0.29, 0.717) is 12.0 Å². The fourth-order valence-corrected chi connectivity index (χ4v) is 1.82. The third-order valence-electron chi connectivity index (χ3n) is 2.95. The summed E-state index contributed by atoms with van der Waals surface area (Å²) in [7, 11) is 1.34. The highest BCUT2D eigenvalue weighted by molar-refractivity contribution is 5.46. The number of nitro benzene ring substituents is 1. The van der Waals surface area contributed by atoms with Crippen molar-refractivity contribution in [1.29, 1.82) is 0 Å². The molecule has 2 rings (SSSR count). The van der Waals surface area contributed by atoms with Gasteiger partial charge in [-0.3, -0.25) is 10.1 Å². The largest absolute Gasteiger partial charge is 0.493 e. The zero-order valence-electron chi connectivity index (χ0n) is 9.40. The summed E-state index contributed by atoms with van der Waals surface area (Å²) in [5.74, 6) is -0.673. The van der Waals surface area contributed by atoms with Crippen molar-refractivity contribution in [2.45, 2.75) is 24.8 Å². The second-order valence-electron chi connectivity index (χ2n) is 4.42. The zero-order valence-corrected chi connectivity index (χ0v) is 9.40. The first-order valence-electron chi connectivity index (χ1n) is 5.25. The van der Waals surface area contributed by atoms with E-state index in [1.54, 1.807) is 0 Å². The maximum atomic E-state index is 13.6. The van der Waals surface area contributed by atoms with E-state index < -0.39 is 10.7 Å². The van der Waals surface area contributed by atoms with Crippen molar-refractivity contribution in [3.63, 3.8) is 0 Å². The summed E-state index contributed by atoms with van der Waals surface area (Å²) in [6, 6.07) is 2.19. The number of nitrogens with zero attached hydrogens (tertiary/aromatic N) is 1. The SMILES string of the molecule is COc1c(F)cc([N+](=O)[O-])cc1CC1(N)CC1. The molecule has 92 valence electrons. The maximum Gasteiger partial charge on any atom is 0.272 e. The Kier molecular flexibility index (Phi) is 2.74. The van der Waals surface area contributed by atoms with E-state index in [0.717, 1.165) is 18.9 Å². The lowest BCUT2D eigenvalue weighted by Gasteiger charge is -2.13. The Morgan fingerprint density at radius 2 is 2.24 bits per heavy atom. The van der Waals surface area contributed by atoms with Gasteiger partial charge in [0.1, 0.15) is 0 Å². The minimum Gasteiger partial charge on any atom is -0.493 e. The van der Waals surface area contributed by atoms with E-state index in [-0.39, 0.29) is 17.0 Å². The highest BCUT2D eigenvalue weighted by Gasteiger charge is 2.39. The molecule has 0 amide bonds. The number of methoxy groups -OCH3 is 1. The molecule has 0 radical (unpaired) electrons. The molecule has 17 heavy (non-hydrogen) atoms. The van der Waals surface area contributed by atoms with Crippen molar-refractivity contribution < 1.29 is 14.1 Å². The van der Waals surface area contributed by atoms with Gasteiger partial charge in [0.15, 0.2) is 11.6 Å². The van der Waals surface area contributed by atoms with E-state index in [1.807, 2.05) is 0 Å².